The van der Waals surface area contributed by atoms with Gasteiger partial charge in [-0.2, -0.15) is 0 Å². The van der Waals surface area contributed by atoms with Crippen molar-refractivity contribution in [1.29, 1.82) is 0 Å². The number of aromatic nitrogens is 1. The predicted octanol–water partition coefficient (Wildman–Crippen LogP) is 3.59. The lowest BCUT2D eigenvalue weighted by Crippen LogP contribution is -1.95. The first-order valence-electron chi connectivity index (χ1n) is 5.54. The molecule has 0 fully saturated rings. The Morgan fingerprint density at radius 2 is 1.94 bits per heavy atom. The van der Waals surface area contributed by atoms with Crippen LogP contribution in [0.2, 0.25) is 0 Å². The quantitative estimate of drug-likeness (QED) is 0.897. The highest BCUT2D eigenvalue weighted by Gasteiger charge is 2.06. The Bertz CT molecular complexity index is 497. The molecule has 3 heteroatoms. The van der Waals surface area contributed by atoms with Gasteiger partial charge in [-0.05, 0) is 43.2 Å². The van der Waals surface area contributed by atoms with Crippen molar-refractivity contribution in [2.75, 3.05) is 0 Å². The average Bonchev–Trinajstić information content (AvgIpc) is 2.33. The van der Waals surface area contributed by atoms with E-state index in [1.54, 1.807) is 24.9 Å². The van der Waals surface area contributed by atoms with Crippen molar-refractivity contribution < 1.29 is 5.11 Å². The third kappa shape index (κ3) is 3.08. The summed E-state index contributed by atoms with van der Waals surface area (Å²) in [6, 6.07) is 12.1. The Labute approximate surface area is 106 Å². The molecule has 0 aliphatic heterocycles. The fourth-order valence-corrected chi connectivity index (χ4v) is 2.36. The maximum atomic E-state index is 9.48. The van der Waals surface area contributed by atoms with Gasteiger partial charge in [0.05, 0.1) is 6.10 Å². The highest BCUT2D eigenvalue weighted by atomic mass is 32.2. The number of hydrogen-bond acceptors (Lipinski definition) is 3. The average molecular weight is 245 g/mol. The zero-order valence-corrected chi connectivity index (χ0v) is 10.7. The lowest BCUT2D eigenvalue weighted by Gasteiger charge is -2.08. The van der Waals surface area contributed by atoms with Crippen LogP contribution in [0.4, 0.5) is 0 Å². The van der Waals surface area contributed by atoms with E-state index in [2.05, 4.69) is 17.1 Å². The van der Waals surface area contributed by atoms with Crippen LogP contribution in [0.3, 0.4) is 0 Å². The SMILES string of the molecule is Cc1cc(C(C)O)cnc1Sc1ccccc1. The van der Waals surface area contributed by atoms with Crippen LogP contribution in [0, 0.1) is 6.92 Å². The third-order valence-electron chi connectivity index (χ3n) is 2.49. The molecule has 0 radical (unpaired) electrons. The maximum Gasteiger partial charge on any atom is 0.104 e. The van der Waals surface area contributed by atoms with E-state index in [0.29, 0.717) is 0 Å². The van der Waals surface area contributed by atoms with E-state index in [4.69, 9.17) is 0 Å². The van der Waals surface area contributed by atoms with Crippen LogP contribution in [0.15, 0.2) is 52.5 Å². The van der Waals surface area contributed by atoms with Crippen molar-refractivity contribution >= 4 is 11.8 Å². The van der Waals surface area contributed by atoms with E-state index in [1.165, 1.54) is 4.90 Å². The van der Waals surface area contributed by atoms with Crippen molar-refractivity contribution in [3.63, 3.8) is 0 Å². The Morgan fingerprint density at radius 1 is 1.24 bits per heavy atom. The van der Waals surface area contributed by atoms with Crippen molar-refractivity contribution in [3.05, 3.63) is 53.7 Å². The molecule has 2 rings (SSSR count). The Kier molecular flexibility index (Phi) is 3.82. The first-order chi connectivity index (χ1) is 8.16. The molecule has 17 heavy (non-hydrogen) atoms. The smallest absolute Gasteiger partial charge is 0.104 e. The first-order valence-corrected chi connectivity index (χ1v) is 6.36. The second-order valence-electron chi connectivity index (χ2n) is 3.98. The number of rotatable bonds is 3. The summed E-state index contributed by atoms with van der Waals surface area (Å²) in [5.41, 5.74) is 1.96. The highest BCUT2D eigenvalue weighted by Crippen LogP contribution is 2.29. The number of pyridine rings is 1. The van der Waals surface area contributed by atoms with Crippen LogP contribution in [0.1, 0.15) is 24.2 Å². The van der Waals surface area contributed by atoms with E-state index in [9.17, 15) is 5.11 Å². The molecule has 88 valence electrons. The largest absolute Gasteiger partial charge is 0.389 e. The molecule has 0 saturated heterocycles. The topological polar surface area (TPSA) is 33.1 Å². The third-order valence-corrected chi connectivity index (χ3v) is 3.62. The van der Waals surface area contributed by atoms with Crippen molar-refractivity contribution in [2.45, 2.75) is 29.9 Å². The van der Waals surface area contributed by atoms with Gasteiger partial charge in [-0.3, -0.25) is 0 Å². The van der Waals surface area contributed by atoms with Crippen LogP contribution in [0.25, 0.3) is 0 Å². The van der Waals surface area contributed by atoms with Gasteiger partial charge in [-0.25, -0.2) is 4.98 Å². The first kappa shape index (κ1) is 12.1. The summed E-state index contributed by atoms with van der Waals surface area (Å²) in [5.74, 6) is 0. The van der Waals surface area contributed by atoms with E-state index in [1.807, 2.05) is 31.2 Å². The minimum atomic E-state index is -0.461. The Balaban J connectivity index is 2.23. The van der Waals surface area contributed by atoms with E-state index in [-0.39, 0.29) is 0 Å². The van der Waals surface area contributed by atoms with Crippen molar-refractivity contribution in [2.24, 2.45) is 0 Å². The summed E-state index contributed by atoms with van der Waals surface area (Å²) >= 11 is 1.64. The standard InChI is InChI=1S/C14H15NOS/c1-10-8-12(11(2)16)9-15-14(10)17-13-6-4-3-5-7-13/h3-9,11,16H,1-2H3. The van der Waals surface area contributed by atoms with Gasteiger partial charge in [-0.1, -0.05) is 30.0 Å². The molecule has 1 unspecified atom stereocenters. The number of benzene rings is 1. The summed E-state index contributed by atoms with van der Waals surface area (Å²) in [4.78, 5) is 5.57. The van der Waals surface area contributed by atoms with Gasteiger partial charge < -0.3 is 5.11 Å². The fraction of sp³-hybridized carbons (Fsp3) is 0.214. The Morgan fingerprint density at radius 3 is 2.53 bits per heavy atom. The highest BCUT2D eigenvalue weighted by molar-refractivity contribution is 7.99. The van der Waals surface area contributed by atoms with Crippen molar-refractivity contribution in [3.8, 4) is 0 Å². The lowest BCUT2D eigenvalue weighted by molar-refractivity contribution is 0.198. The van der Waals surface area contributed by atoms with Gasteiger partial charge in [0.1, 0.15) is 5.03 Å². The molecule has 1 atom stereocenters. The number of aryl methyl sites for hydroxylation is 1. The molecule has 1 N–H and O–H groups in total. The number of aliphatic hydroxyl groups is 1. The molecule has 1 aromatic carbocycles. The molecular formula is C14H15NOS. The van der Waals surface area contributed by atoms with Gasteiger partial charge >= 0.3 is 0 Å². The van der Waals surface area contributed by atoms with Crippen LogP contribution in [0.5, 0.6) is 0 Å². The fourth-order valence-electron chi connectivity index (χ4n) is 1.52. The molecule has 2 aromatic rings. The summed E-state index contributed by atoms with van der Waals surface area (Å²) in [6.45, 7) is 3.77. The molecule has 0 spiro atoms. The Hall–Kier alpha value is -1.32. The zero-order valence-electron chi connectivity index (χ0n) is 9.92. The van der Waals surface area contributed by atoms with E-state index >= 15 is 0 Å². The predicted molar refractivity (Wildman–Crippen MR) is 70.2 cm³/mol. The maximum absolute atomic E-state index is 9.48. The van der Waals surface area contributed by atoms with Gasteiger partial charge in [0.25, 0.3) is 0 Å². The van der Waals surface area contributed by atoms with E-state index < -0.39 is 6.10 Å². The number of hydrogen-bond donors (Lipinski definition) is 1. The van der Waals surface area contributed by atoms with Crippen LogP contribution < -0.4 is 0 Å². The summed E-state index contributed by atoms with van der Waals surface area (Å²) in [6.07, 6.45) is 1.28. The summed E-state index contributed by atoms with van der Waals surface area (Å²) < 4.78 is 0. The second-order valence-corrected chi connectivity index (χ2v) is 5.04. The van der Waals surface area contributed by atoms with Crippen molar-refractivity contribution in [1.82, 2.24) is 4.98 Å². The van der Waals surface area contributed by atoms with Crippen LogP contribution in [-0.2, 0) is 0 Å². The van der Waals surface area contributed by atoms with Crippen LogP contribution >= 0.6 is 11.8 Å². The lowest BCUT2D eigenvalue weighted by atomic mass is 10.1. The molecule has 1 heterocycles. The van der Waals surface area contributed by atoms with Crippen LogP contribution in [-0.4, -0.2) is 10.1 Å². The molecule has 0 saturated carbocycles. The molecule has 0 amide bonds. The molecule has 1 aromatic heterocycles. The second kappa shape index (κ2) is 5.34. The molecule has 0 aliphatic rings. The monoisotopic (exact) mass is 245 g/mol. The minimum absolute atomic E-state index is 0.461. The summed E-state index contributed by atoms with van der Waals surface area (Å²) in [7, 11) is 0. The number of nitrogens with zero attached hydrogens (tertiary/aromatic N) is 1. The van der Waals surface area contributed by atoms with E-state index in [0.717, 1.165) is 16.2 Å². The van der Waals surface area contributed by atoms with Gasteiger partial charge in [0.15, 0.2) is 0 Å². The molecule has 0 bridgehead atoms. The summed E-state index contributed by atoms with van der Waals surface area (Å²) in [5, 5.41) is 10.5. The zero-order chi connectivity index (χ0) is 12.3. The van der Waals surface area contributed by atoms with Gasteiger partial charge in [-0.15, -0.1) is 0 Å². The number of aliphatic hydroxyl groups excluding tert-OH is 1. The normalized spacial score (nSPS) is 12.4. The van der Waals surface area contributed by atoms with Gasteiger partial charge in [0.2, 0.25) is 0 Å². The minimum Gasteiger partial charge on any atom is -0.389 e. The van der Waals surface area contributed by atoms with Gasteiger partial charge in [0, 0.05) is 11.1 Å². The molecule has 2 nitrogen and oxygen atoms in total. The molecule has 0 aliphatic carbocycles. The molecular weight excluding hydrogens is 230 g/mol.